The highest BCUT2D eigenvalue weighted by Crippen LogP contribution is 2.29. The van der Waals surface area contributed by atoms with Gasteiger partial charge in [0.1, 0.15) is 0 Å². The molecule has 0 unspecified atom stereocenters. The van der Waals surface area contributed by atoms with Crippen molar-refractivity contribution in [1.82, 2.24) is 9.29 Å². The van der Waals surface area contributed by atoms with Crippen molar-refractivity contribution in [3.8, 4) is 6.07 Å². The van der Waals surface area contributed by atoms with Gasteiger partial charge in [-0.25, -0.2) is 13.4 Å². The molecule has 160 valence electrons. The molecule has 0 aliphatic carbocycles. The predicted molar refractivity (Wildman–Crippen MR) is 120 cm³/mol. The third kappa shape index (κ3) is 4.46. The van der Waals surface area contributed by atoms with Crippen molar-refractivity contribution in [3.63, 3.8) is 0 Å². The first-order valence-electron chi connectivity index (χ1n) is 10.1. The highest BCUT2D eigenvalue weighted by molar-refractivity contribution is 7.89. The van der Waals surface area contributed by atoms with E-state index in [1.807, 2.05) is 18.2 Å². The number of thiazole rings is 1. The molecule has 0 atom stereocenters. The van der Waals surface area contributed by atoms with Gasteiger partial charge in [0.25, 0.3) is 0 Å². The molecule has 2 heterocycles. The fourth-order valence-electron chi connectivity index (χ4n) is 3.66. The second-order valence-corrected chi connectivity index (χ2v) is 10.4. The standard InChI is InChI=1S/C22H22N4O3S2/c1-2-15-5-8-19-20(13-15)30-22(24-19)25-21(27)17-9-11-26(12-10-17)31(28,29)18-6-3-16(14-23)4-7-18/h3-8,13,17H,2,9-12H2,1H3,(H,24,25,27). The minimum Gasteiger partial charge on any atom is -0.302 e. The average molecular weight is 455 g/mol. The Morgan fingerprint density at radius 1 is 1.23 bits per heavy atom. The first kappa shape index (κ1) is 21.4. The second kappa shape index (κ2) is 8.75. The van der Waals surface area contributed by atoms with Crippen LogP contribution in [0.25, 0.3) is 10.2 Å². The summed E-state index contributed by atoms with van der Waals surface area (Å²) in [7, 11) is -3.64. The van der Waals surface area contributed by atoms with E-state index in [9.17, 15) is 13.2 Å². The zero-order valence-electron chi connectivity index (χ0n) is 17.0. The molecule has 1 aliphatic heterocycles. The van der Waals surface area contributed by atoms with E-state index < -0.39 is 10.0 Å². The van der Waals surface area contributed by atoms with Crippen molar-refractivity contribution in [2.45, 2.75) is 31.1 Å². The molecule has 7 nitrogen and oxygen atoms in total. The number of fused-ring (bicyclic) bond motifs is 1. The van der Waals surface area contributed by atoms with Crippen molar-refractivity contribution >= 4 is 42.6 Å². The highest BCUT2D eigenvalue weighted by atomic mass is 32.2. The molecule has 0 saturated carbocycles. The number of hydrogen-bond acceptors (Lipinski definition) is 6. The smallest absolute Gasteiger partial charge is 0.243 e. The number of carbonyl (C=O) groups is 1. The fourth-order valence-corrected chi connectivity index (χ4v) is 6.06. The SMILES string of the molecule is CCc1ccc2nc(NC(=O)C3CCN(S(=O)(=O)c4ccc(C#N)cc4)CC3)sc2c1. The fraction of sp³-hybridized carbons (Fsp3) is 0.318. The maximum Gasteiger partial charge on any atom is 0.243 e. The molecule has 4 rings (SSSR count). The lowest BCUT2D eigenvalue weighted by Gasteiger charge is -2.30. The number of anilines is 1. The van der Waals surface area contributed by atoms with E-state index in [-0.39, 0.29) is 29.8 Å². The Kier molecular flexibility index (Phi) is 6.05. The van der Waals surface area contributed by atoms with Gasteiger partial charge in [-0.05, 0) is 61.2 Å². The number of nitrogens with zero attached hydrogens (tertiary/aromatic N) is 3. The Morgan fingerprint density at radius 2 is 1.94 bits per heavy atom. The van der Waals surface area contributed by atoms with Gasteiger partial charge in [-0.15, -0.1) is 0 Å². The van der Waals surface area contributed by atoms with Gasteiger partial charge >= 0.3 is 0 Å². The van der Waals surface area contributed by atoms with Crippen LogP contribution in [0.1, 0.15) is 30.9 Å². The van der Waals surface area contributed by atoms with Crippen LogP contribution in [0.4, 0.5) is 5.13 Å². The lowest BCUT2D eigenvalue weighted by Crippen LogP contribution is -2.41. The van der Waals surface area contributed by atoms with Gasteiger partial charge < -0.3 is 5.32 Å². The van der Waals surface area contributed by atoms with Crippen LogP contribution in [0.15, 0.2) is 47.4 Å². The predicted octanol–water partition coefficient (Wildman–Crippen LogP) is 3.77. The molecule has 0 radical (unpaired) electrons. The quantitative estimate of drug-likeness (QED) is 0.632. The minimum atomic E-state index is -3.64. The third-order valence-electron chi connectivity index (χ3n) is 5.54. The van der Waals surface area contributed by atoms with Gasteiger partial charge in [0.05, 0.1) is 26.7 Å². The van der Waals surface area contributed by atoms with Gasteiger partial charge in [0.2, 0.25) is 15.9 Å². The Bertz CT molecular complexity index is 1250. The molecule has 1 aliphatic rings. The molecule has 31 heavy (non-hydrogen) atoms. The normalized spacial score (nSPS) is 15.6. The highest BCUT2D eigenvalue weighted by Gasteiger charge is 2.32. The Morgan fingerprint density at radius 3 is 2.58 bits per heavy atom. The molecular formula is C22H22N4O3S2. The Labute approximate surface area is 185 Å². The molecule has 9 heteroatoms. The lowest BCUT2D eigenvalue weighted by molar-refractivity contribution is -0.120. The summed E-state index contributed by atoms with van der Waals surface area (Å²) in [5.41, 5.74) is 2.50. The summed E-state index contributed by atoms with van der Waals surface area (Å²) in [4.78, 5) is 17.4. The van der Waals surface area contributed by atoms with Gasteiger partial charge in [0, 0.05) is 19.0 Å². The number of carbonyl (C=O) groups excluding carboxylic acids is 1. The number of aromatic nitrogens is 1. The Hall–Kier alpha value is -2.80. The maximum absolute atomic E-state index is 12.8. The first-order valence-corrected chi connectivity index (χ1v) is 12.4. The van der Waals surface area contributed by atoms with E-state index in [0.717, 1.165) is 16.6 Å². The summed E-state index contributed by atoms with van der Waals surface area (Å²) in [6.45, 7) is 2.65. The van der Waals surface area contributed by atoms with Gasteiger partial charge in [0.15, 0.2) is 5.13 Å². The number of nitriles is 1. The summed E-state index contributed by atoms with van der Waals surface area (Å²) in [5.74, 6) is -0.379. The van der Waals surface area contributed by atoms with Crippen LogP contribution in [0, 0.1) is 17.2 Å². The number of amides is 1. The van der Waals surface area contributed by atoms with Gasteiger partial charge in [-0.3, -0.25) is 4.79 Å². The molecule has 1 saturated heterocycles. The lowest BCUT2D eigenvalue weighted by atomic mass is 9.97. The third-order valence-corrected chi connectivity index (χ3v) is 8.38. The van der Waals surface area contributed by atoms with Crippen molar-refractivity contribution in [2.75, 3.05) is 18.4 Å². The van der Waals surface area contributed by atoms with Crippen molar-refractivity contribution in [3.05, 3.63) is 53.6 Å². The van der Waals surface area contributed by atoms with E-state index >= 15 is 0 Å². The number of nitrogens with one attached hydrogen (secondary N) is 1. The number of benzene rings is 2. The maximum atomic E-state index is 12.8. The molecule has 1 aromatic heterocycles. The summed E-state index contributed by atoms with van der Waals surface area (Å²) < 4.78 is 28.1. The largest absolute Gasteiger partial charge is 0.302 e. The molecule has 2 aromatic carbocycles. The van der Waals surface area contributed by atoms with E-state index in [1.165, 1.54) is 45.5 Å². The molecule has 1 fully saturated rings. The topological polar surface area (TPSA) is 103 Å². The zero-order chi connectivity index (χ0) is 22.0. The summed E-state index contributed by atoms with van der Waals surface area (Å²) >= 11 is 1.45. The number of hydrogen-bond donors (Lipinski definition) is 1. The number of sulfonamides is 1. The van der Waals surface area contributed by atoms with Crippen molar-refractivity contribution in [2.24, 2.45) is 5.92 Å². The number of rotatable bonds is 5. The van der Waals surface area contributed by atoms with E-state index in [2.05, 4.69) is 23.3 Å². The molecular weight excluding hydrogens is 432 g/mol. The van der Waals surface area contributed by atoms with E-state index in [4.69, 9.17) is 5.26 Å². The number of aryl methyl sites for hydroxylation is 1. The van der Waals surface area contributed by atoms with Crippen LogP contribution >= 0.6 is 11.3 Å². The van der Waals surface area contributed by atoms with Crippen LogP contribution in [0.5, 0.6) is 0 Å². The zero-order valence-corrected chi connectivity index (χ0v) is 18.7. The molecule has 1 amide bonds. The van der Waals surface area contributed by atoms with Crippen molar-refractivity contribution in [1.29, 1.82) is 5.26 Å². The minimum absolute atomic E-state index is 0.120. The Balaban J connectivity index is 1.39. The van der Waals surface area contributed by atoms with E-state index in [0.29, 0.717) is 23.5 Å². The van der Waals surface area contributed by atoms with Gasteiger partial charge in [-0.1, -0.05) is 24.3 Å². The monoisotopic (exact) mass is 454 g/mol. The number of piperidine rings is 1. The average Bonchev–Trinajstić information content (AvgIpc) is 3.20. The molecule has 1 N–H and O–H groups in total. The van der Waals surface area contributed by atoms with Crippen LogP contribution in [0.2, 0.25) is 0 Å². The summed E-state index contributed by atoms with van der Waals surface area (Å²) in [6.07, 6.45) is 1.85. The molecule has 3 aromatic rings. The molecule has 0 bridgehead atoms. The van der Waals surface area contributed by atoms with Crippen LogP contribution < -0.4 is 5.32 Å². The second-order valence-electron chi connectivity index (χ2n) is 7.48. The van der Waals surface area contributed by atoms with Crippen LogP contribution in [0.3, 0.4) is 0 Å². The first-order chi connectivity index (χ1) is 14.9. The summed E-state index contributed by atoms with van der Waals surface area (Å²) in [6, 6.07) is 14.0. The summed E-state index contributed by atoms with van der Waals surface area (Å²) in [5, 5.41) is 12.4. The molecule has 0 spiro atoms. The van der Waals surface area contributed by atoms with Crippen molar-refractivity contribution < 1.29 is 13.2 Å². The van der Waals surface area contributed by atoms with Crippen LogP contribution in [-0.4, -0.2) is 36.7 Å². The van der Waals surface area contributed by atoms with Crippen LogP contribution in [-0.2, 0) is 21.2 Å². The van der Waals surface area contributed by atoms with E-state index in [1.54, 1.807) is 0 Å². The van der Waals surface area contributed by atoms with Gasteiger partial charge in [-0.2, -0.15) is 9.57 Å².